The van der Waals surface area contributed by atoms with Gasteiger partial charge in [-0.05, 0) is 58.3 Å². The zero-order valence-electron chi connectivity index (χ0n) is 13.1. The Hall–Kier alpha value is -0.770. The molecule has 1 amide bonds. The summed E-state index contributed by atoms with van der Waals surface area (Å²) < 4.78 is 5.34. The second-order valence-corrected chi connectivity index (χ2v) is 7.01. The molecule has 0 aromatic rings. The lowest BCUT2D eigenvalue weighted by atomic mass is 9.78. The van der Waals surface area contributed by atoms with Crippen molar-refractivity contribution in [1.82, 2.24) is 4.90 Å². The van der Waals surface area contributed by atoms with Gasteiger partial charge in [-0.2, -0.15) is 0 Å². The second-order valence-electron chi connectivity index (χ2n) is 7.01. The first-order chi connectivity index (χ1) is 8.69. The monoisotopic (exact) mass is 270 g/mol. The zero-order chi connectivity index (χ0) is 14.6. The van der Waals surface area contributed by atoms with E-state index >= 15 is 0 Å². The molecule has 0 aliphatic heterocycles. The third kappa shape index (κ3) is 5.81. The van der Waals surface area contributed by atoms with E-state index < -0.39 is 5.60 Å². The van der Waals surface area contributed by atoms with E-state index in [1.54, 1.807) is 4.90 Å². The molecule has 2 unspecified atom stereocenters. The van der Waals surface area contributed by atoms with E-state index in [-0.39, 0.29) is 6.09 Å². The van der Waals surface area contributed by atoms with E-state index in [0.29, 0.717) is 17.9 Å². The highest BCUT2D eigenvalue weighted by Crippen LogP contribution is 2.30. The fourth-order valence-electron chi connectivity index (χ4n) is 2.60. The molecule has 1 aliphatic carbocycles. The Morgan fingerprint density at radius 1 is 1.37 bits per heavy atom. The summed E-state index contributed by atoms with van der Waals surface area (Å²) >= 11 is 0. The lowest BCUT2D eigenvalue weighted by Crippen LogP contribution is -2.37. The summed E-state index contributed by atoms with van der Waals surface area (Å²) in [4.78, 5) is 13.5. The maximum absolute atomic E-state index is 11.8. The van der Waals surface area contributed by atoms with Crippen molar-refractivity contribution in [2.45, 2.75) is 65.0 Å². The van der Waals surface area contributed by atoms with Crippen LogP contribution in [0.3, 0.4) is 0 Å². The van der Waals surface area contributed by atoms with Gasteiger partial charge in [0.15, 0.2) is 0 Å². The number of nitrogens with zero attached hydrogens (tertiary/aromatic N) is 1. The minimum atomic E-state index is -0.419. The van der Waals surface area contributed by atoms with Gasteiger partial charge in [0.1, 0.15) is 5.60 Å². The van der Waals surface area contributed by atoms with Crippen molar-refractivity contribution >= 4 is 6.09 Å². The van der Waals surface area contributed by atoms with Crippen LogP contribution in [0.25, 0.3) is 0 Å². The Balaban J connectivity index is 2.30. The van der Waals surface area contributed by atoms with Crippen molar-refractivity contribution in [3.8, 4) is 0 Å². The maximum Gasteiger partial charge on any atom is 0.410 e. The largest absolute Gasteiger partial charge is 0.444 e. The van der Waals surface area contributed by atoms with Gasteiger partial charge in [-0.3, -0.25) is 0 Å². The summed E-state index contributed by atoms with van der Waals surface area (Å²) in [6.45, 7) is 8.67. The normalized spacial score (nSPS) is 28.0. The Labute approximate surface area is 117 Å². The van der Waals surface area contributed by atoms with Crippen LogP contribution in [0.2, 0.25) is 0 Å². The number of ether oxygens (including phenoxy) is 1. The number of hydrogen-bond donors (Lipinski definition) is 1. The fourth-order valence-corrected chi connectivity index (χ4v) is 2.60. The first kappa shape index (κ1) is 16.3. The Morgan fingerprint density at radius 3 is 2.53 bits per heavy atom. The van der Waals surface area contributed by atoms with Crippen molar-refractivity contribution < 1.29 is 9.53 Å². The summed E-state index contributed by atoms with van der Waals surface area (Å²) in [6, 6.07) is 0.361. The molecule has 0 spiro atoms. The predicted octanol–water partition coefficient (Wildman–Crippen LogP) is 3.01. The van der Waals surface area contributed by atoms with E-state index in [1.165, 1.54) is 12.8 Å². The number of amides is 1. The van der Waals surface area contributed by atoms with Crippen LogP contribution >= 0.6 is 0 Å². The molecule has 19 heavy (non-hydrogen) atoms. The molecule has 1 rings (SSSR count). The molecule has 0 bridgehead atoms. The molecule has 112 valence electrons. The zero-order valence-corrected chi connectivity index (χ0v) is 13.1. The van der Waals surface area contributed by atoms with Crippen LogP contribution in [0.15, 0.2) is 0 Å². The van der Waals surface area contributed by atoms with E-state index in [1.807, 2.05) is 27.8 Å². The highest BCUT2D eigenvalue weighted by atomic mass is 16.6. The van der Waals surface area contributed by atoms with Gasteiger partial charge in [-0.15, -0.1) is 0 Å². The third-order valence-electron chi connectivity index (χ3n) is 3.92. The van der Waals surface area contributed by atoms with Crippen molar-refractivity contribution in [2.24, 2.45) is 17.6 Å². The van der Waals surface area contributed by atoms with Gasteiger partial charge in [0.2, 0.25) is 0 Å². The van der Waals surface area contributed by atoms with E-state index in [0.717, 1.165) is 19.4 Å². The summed E-state index contributed by atoms with van der Waals surface area (Å²) in [5, 5.41) is 0. The third-order valence-corrected chi connectivity index (χ3v) is 3.92. The molecular weight excluding hydrogens is 240 g/mol. The summed E-state index contributed by atoms with van der Waals surface area (Å²) in [6.07, 6.45) is 4.30. The predicted molar refractivity (Wildman–Crippen MR) is 78.0 cm³/mol. The van der Waals surface area contributed by atoms with Crippen LogP contribution < -0.4 is 5.73 Å². The van der Waals surface area contributed by atoms with Crippen LogP contribution in [-0.2, 0) is 4.74 Å². The van der Waals surface area contributed by atoms with Crippen molar-refractivity contribution in [3.63, 3.8) is 0 Å². The lowest BCUT2D eigenvalue weighted by molar-refractivity contribution is 0.0285. The van der Waals surface area contributed by atoms with Crippen LogP contribution in [-0.4, -0.2) is 36.2 Å². The molecule has 4 nitrogen and oxygen atoms in total. The molecule has 0 saturated heterocycles. The average molecular weight is 270 g/mol. The highest BCUT2D eigenvalue weighted by molar-refractivity contribution is 5.67. The quantitative estimate of drug-likeness (QED) is 0.857. The molecule has 0 radical (unpaired) electrons. The number of rotatable bonds is 3. The van der Waals surface area contributed by atoms with E-state index in [9.17, 15) is 4.79 Å². The van der Waals surface area contributed by atoms with Gasteiger partial charge in [0.05, 0.1) is 0 Å². The van der Waals surface area contributed by atoms with Gasteiger partial charge in [0, 0.05) is 19.6 Å². The molecule has 3 atom stereocenters. The smallest absolute Gasteiger partial charge is 0.410 e. The minimum absolute atomic E-state index is 0.229. The molecular formula is C15H30N2O2. The lowest BCUT2D eigenvalue weighted by Gasteiger charge is -2.33. The first-order valence-electron chi connectivity index (χ1n) is 7.38. The summed E-state index contributed by atoms with van der Waals surface area (Å²) in [7, 11) is 1.81. The van der Waals surface area contributed by atoms with Crippen LogP contribution in [0.4, 0.5) is 4.79 Å². The second kappa shape index (κ2) is 6.60. The number of nitrogens with two attached hydrogens (primary N) is 1. The first-order valence-corrected chi connectivity index (χ1v) is 7.38. The van der Waals surface area contributed by atoms with Gasteiger partial charge < -0.3 is 15.4 Å². The summed E-state index contributed by atoms with van der Waals surface area (Å²) in [5.74, 6) is 1.30. The van der Waals surface area contributed by atoms with Crippen molar-refractivity contribution in [2.75, 3.05) is 13.6 Å². The highest BCUT2D eigenvalue weighted by Gasteiger charge is 2.26. The SMILES string of the molecule is C[C@@H]1CC(CCN(C)C(=O)OC(C)(C)C)CCC1N. The van der Waals surface area contributed by atoms with Crippen molar-refractivity contribution in [1.29, 1.82) is 0 Å². The molecule has 2 N–H and O–H groups in total. The van der Waals surface area contributed by atoms with Gasteiger partial charge >= 0.3 is 6.09 Å². The standard InChI is InChI=1S/C15H30N2O2/c1-11-10-12(6-7-13(11)16)8-9-17(5)14(18)19-15(2,3)4/h11-13H,6-10,16H2,1-5H3/t11-,12?,13?/m1/s1. The van der Waals surface area contributed by atoms with Gasteiger partial charge in [-0.25, -0.2) is 4.79 Å². The van der Waals surface area contributed by atoms with Crippen LogP contribution in [0, 0.1) is 11.8 Å². The molecule has 0 heterocycles. The van der Waals surface area contributed by atoms with E-state index in [2.05, 4.69) is 6.92 Å². The topological polar surface area (TPSA) is 55.6 Å². The maximum atomic E-state index is 11.8. The van der Waals surface area contributed by atoms with Crippen LogP contribution in [0.1, 0.15) is 53.4 Å². The summed E-state index contributed by atoms with van der Waals surface area (Å²) in [5.41, 5.74) is 5.61. The number of hydrogen-bond acceptors (Lipinski definition) is 3. The molecule has 1 fully saturated rings. The number of carbonyl (C=O) groups excluding carboxylic acids is 1. The minimum Gasteiger partial charge on any atom is -0.444 e. The van der Waals surface area contributed by atoms with E-state index in [4.69, 9.17) is 10.5 Å². The van der Waals surface area contributed by atoms with Crippen molar-refractivity contribution in [3.05, 3.63) is 0 Å². The molecule has 1 aliphatic rings. The Kier molecular flexibility index (Phi) is 5.65. The fraction of sp³-hybridized carbons (Fsp3) is 0.933. The van der Waals surface area contributed by atoms with Gasteiger partial charge in [0.25, 0.3) is 0 Å². The molecule has 1 saturated carbocycles. The molecule has 4 heteroatoms. The molecule has 0 aromatic heterocycles. The number of carbonyl (C=O) groups is 1. The van der Waals surface area contributed by atoms with Gasteiger partial charge in [-0.1, -0.05) is 6.92 Å². The van der Waals surface area contributed by atoms with Crippen LogP contribution in [0.5, 0.6) is 0 Å². The molecule has 0 aromatic carbocycles. The Morgan fingerprint density at radius 2 is 2.00 bits per heavy atom. The Bertz CT molecular complexity index is 299. The average Bonchev–Trinajstić information content (AvgIpc) is 2.28.